The molecule has 1 fully saturated rings. The standard InChI is InChI=1S/C15H27NO2/c1-11(8-9-15(2,3)4)13(17)12-7-5-6-10-16-14(12)18/h11-12H,5-10H2,1-4H3,(H,16,18). The number of hydrogen-bond donors (Lipinski definition) is 1. The van der Waals surface area contributed by atoms with Gasteiger partial charge in [-0.2, -0.15) is 0 Å². The zero-order valence-electron chi connectivity index (χ0n) is 12.2. The molecule has 2 atom stereocenters. The van der Waals surface area contributed by atoms with Crippen LogP contribution in [0.5, 0.6) is 0 Å². The lowest BCUT2D eigenvalue weighted by Gasteiger charge is -2.22. The number of amides is 1. The molecule has 0 aromatic heterocycles. The van der Waals surface area contributed by atoms with Crippen LogP contribution in [0.25, 0.3) is 0 Å². The highest BCUT2D eigenvalue weighted by molar-refractivity contribution is 6.02. The predicted octanol–water partition coefficient (Wildman–Crippen LogP) is 2.93. The van der Waals surface area contributed by atoms with Crippen molar-refractivity contribution in [3.63, 3.8) is 0 Å². The first-order valence-corrected chi connectivity index (χ1v) is 7.13. The van der Waals surface area contributed by atoms with E-state index in [4.69, 9.17) is 0 Å². The van der Waals surface area contributed by atoms with Gasteiger partial charge in [0, 0.05) is 12.5 Å². The molecule has 1 amide bonds. The molecular weight excluding hydrogens is 226 g/mol. The van der Waals surface area contributed by atoms with Crippen molar-refractivity contribution in [2.24, 2.45) is 17.3 Å². The third-order valence-corrected chi connectivity index (χ3v) is 3.69. The molecule has 1 N–H and O–H groups in total. The van der Waals surface area contributed by atoms with Crippen molar-refractivity contribution in [1.82, 2.24) is 5.32 Å². The van der Waals surface area contributed by atoms with Crippen LogP contribution in [0.15, 0.2) is 0 Å². The highest BCUT2D eigenvalue weighted by Gasteiger charge is 2.31. The fourth-order valence-corrected chi connectivity index (χ4v) is 2.35. The van der Waals surface area contributed by atoms with Gasteiger partial charge in [0.2, 0.25) is 5.91 Å². The second-order valence-electron chi connectivity index (χ2n) is 6.74. The van der Waals surface area contributed by atoms with E-state index < -0.39 is 5.92 Å². The lowest BCUT2D eigenvalue weighted by atomic mass is 9.82. The van der Waals surface area contributed by atoms with Gasteiger partial charge in [-0.05, 0) is 31.1 Å². The predicted molar refractivity (Wildman–Crippen MR) is 73.2 cm³/mol. The number of carbonyl (C=O) groups excluding carboxylic acids is 2. The summed E-state index contributed by atoms with van der Waals surface area (Å²) in [7, 11) is 0. The summed E-state index contributed by atoms with van der Waals surface area (Å²) in [5.74, 6) is -0.320. The maximum Gasteiger partial charge on any atom is 0.230 e. The summed E-state index contributed by atoms with van der Waals surface area (Å²) in [6.45, 7) is 9.24. The van der Waals surface area contributed by atoms with Gasteiger partial charge >= 0.3 is 0 Å². The third-order valence-electron chi connectivity index (χ3n) is 3.69. The number of carbonyl (C=O) groups is 2. The van der Waals surface area contributed by atoms with Crippen molar-refractivity contribution >= 4 is 11.7 Å². The Morgan fingerprint density at radius 1 is 1.39 bits per heavy atom. The Labute approximate surface area is 111 Å². The van der Waals surface area contributed by atoms with Gasteiger partial charge in [0.1, 0.15) is 5.78 Å². The van der Waals surface area contributed by atoms with Crippen LogP contribution >= 0.6 is 0 Å². The highest BCUT2D eigenvalue weighted by atomic mass is 16.2. The molecule has 3 nitrogen and oxygen atoms in total. The molecule has 104 valence electrons. The molecule has 1 heterocycles. The van der Waals surface area contributed by atoms with Crippen LogP contribution in [-0.4, -0.2) is 18.2 Å². The Morgan fingerprint density at radius 2 is 2.06 bits per heavy atom. The third kappa shape index (κ3) is 4.79. The molecule has 1 aliphatic rings. The van der Waals surface area contributed by atoms with Gasteiger partial charge in [-0.1, -0.05) is 34.1 Å². The first kappa shape index (κ1) is 15.2. The van der Waals surface area contributed by atoms with Crippen LogP contribution in [0.1, 0.15) is 59.8 Å². The van der Waals surface area contributed by atoms with E-state index in [9.17, 15) is 9.59 Å². The molecule has 1 aliphatic heterocycles. The van der Waals surface area contributed by atoms with Crippen molar-refractivity contribution < 1.29 is 9.59 Å². The summed E-state index contributed by atoms with van der Waals surface area (Å²) in [5, 5.41) is 2.84. The zero-order chi connectivity index (χ0) is 13.8. The number of nitrogens with one attached hydrogen (secondary N) is 1. The highest BCUT2D eigenvalue weighted by Crippen LogP contribution is 2.26. The van der Waals surface area contributed by atoms with Crippen LogP contribution in [0, 0.1) is 17.3 Å². The summed E-state index contributed by atoms with van der Waals surface area (Å²) >= 11 is 0. The molecule has 0 aliphatic carbocycles. The van der Waals surface area contributed by atoms with Crippen LogP contribution in [0.2, 0.25) is 0 Å². The molecule has 1 saturated heterocycles. The van der Waals surface area contributed by atoms with E-state index in [1.165, 1.54) is 0 Å². The molecule has 18 heavy (non-hydrogen) atoms. The van der Waals surface area contributed by atoms with E-state index in [-0.39, 0.29) is 23.0 Å². The summed E-state index contributed by atoms with van der Waals surface area (Å²) in [6.07, 6.45) is 4.60. The van der Waals surface area contributed by atoms with Gasteiger partial charge in [0.25, 0.3) is 0 Å². The molecule has 0 aromatic rings. The summed E-state index contributed by atoms with van der Waals surface area (Å²) in [5.41, 5.74) is 0.250. The van der Waals surface area contributed by atoms with Gasteiger partial charge in [-0.25, -0.2) is 0 Å². The van der Waals surface area contributed by atoms with E-state index in [1.807, 2.05) is 6.92 Å². The second-order valence-corrected chi connectivity index (χ2v) is 6.74. The topological polar surface area (TPSA) is 46.2 Å². The second kappa shape index (κ2) is 6.35. The molecular formula is C15H27NO2. The lowest BCUT2D eigenvalue weighted by molar-refractivity contribution is -0.136. The molecule has 0 radical (unpaired) electrons. The summed E-state index contributed by atoms with van der Waals surface area (Å²) in [4.78, 5) is 24.1. The summed E-state index contributed by atoms with van der Waals surface area (Å²) in [6, 6.07) is 0. The van der Waals surface area contributed by atoms with Crippen LogP contribution in [0.4, 0.5) is 0 Å². The minimum Gasteiger partial charge on any atom is -0.355 e. The van der Waals surface area contributed by atoms with Crippen molar-refractivity contribution in [3.05, 3.63) is 0 Å². The van der Waals surface area contributed by atoms with Crippen LogP contribution in [-0.2, 0) is 9.59 Å². The molecule has 0 spiro atoms. The normalized spacial score (nSPS) is 23.1. The van der Waals surface area contributed by atoms with Gasteiger partial charge in [0.05, 0.1) is 5.92 Å². The van der Waals surface area contributed by atoms with E-state index in [1.54, 1.807) is 0 Å². The summed E-state index contributed by atoms with van der Waals surface area (Å²) < 4.78 is 0. The van der Waals surface area contributed by atoms with Gasteiger partial charge < -0.3 is 5.32 Å². The van der Waals surface area contributed by atoms with Crippen molar-refractivity contribution in [2.45, 2.75) is 59.8 Å². The minimum atomic E-state index is -0.400. The average molecular weight is 253 g/mol. The Bertz CT molecular complexity index is 304. The fraction of sp³-hybridized carbons (Fsp3) is 0.867. The van der Waals surface area contributed by atoms with Crippen molar-refractivity contribution in [3.8, 4) is 0 Å². The number of Topliss-reactive ketones (excluding diaryl/α,β-unsaturated/α-hetero) is 1. The van der Waals surface area contributed by atoms with E-state index in [0.717, 1.165) is 38.6 Å². The van der Waals surface area contributed by atoms with E-state index in [2.05, 4.69) is 26.1 Å². The van der Waals surface area contributed by atoms with Crippen molar-refractivity contribution in [2.75, 3.05) is 6.54 Å². The zero-order valence-corrected chi connectivity index (χ0v) is 12.2. The molecule has 0 bridgehead atoms. The maximum absolute atomic E-state index is 12.3. The number of rotatable bonds is 4. The van der Waals surface area contributed by atoms with Gasteiger partial charge in [-0.3, -0.25) is 9.59 Å². The van der Waals surface area contributed by atoms with Gasteiger partial charge in [-0.15, -0.1) is 0 Å². The molecule has 2 unspecified atom stereocenters. The largest absolute Gasteiger partial charge is 0.355 e. The first-order valence-electron chi connectivity index (χ1n) is 7.13. The maximum atomic E-state index is 12.3. The number of hydrogen-bond acceptors (Lipinski definition) is 2. The first-order chi connectivity index (χ1) is 8.31. The molecule has 1 rings (SSSR count). The van der Waals surface area contributed by atoms with E-state index in [0.29, 0.717) is 0 Å². The number of ketones is 1. The Morgan fingerprint density at radius 3 is 2.67 bits per heavy atom. The minimum absolute atomic E-state index is 0.00178. The Kier molecular flexibility index (Phi) is 5.36. The SMILES string of the molecule is CC(CCC(C)(C)C)C(=O)C1CCCCNC1=O. The molecule has 3 heteroatoms. The average Bonchev–Trinajstić information content (AvgIpc) is 2.49. The van der Waals surface area contributed by atoms with Crippen molar-refractivity contribution in [1.29, 1.82) is 0 Å². The Balaban J connectivity index is 2.53. The Hall–Kier alpha value is -0.860. The lowest BCUT2D eigenvalue weighted by Crippen LogP contribution is -2.36. The molecule has 0 aromatic carbocycles. The molecule has 0 saturated carbocycles. The van der Waals surface area contributed by atoms with E-state index >= 15 is 0 Å². The van der Waals surface area contributed by atoms with Gasteiger partial charge in [0.15, 0.2) is 0 Å². The van der Waals surface area contributed by atoms with Crippen LogP contribution in [0.3, 0.4) is 0 Å². The smallest absolute Gasteiger partial charge is 0.230 e. The monoisotopic (exact) mass is 253 g/mol. The fourth-order valence-electron chi connectivity index (χ4n) is 2.35. The quantitative estimate of drug-likeness (QED) is 0.783. The van der Waals surface area contributed by atoms with Crippen LogP contribution < -0.4 is 5.32 Å².